The van der Waals surface area contributed by atoms with Crippen LogP contribution < -0.4 is 11.1 Å². The van der Waals surface area contributed by atoms with Crippen LogP contribution in [0.3, 0.4) is 0 Å². The van der Waals surface area contributed by atoms with Crippen LogP contribution in [0.1, 0.15) is 54.4 Å². The van der Waals surface area contributed by atoms with Gasteiger partial charge in [0.2, 0.25) is 5.91 Å². The van der Waals surface area contributed by atoms with E-state index in [1.165, 1.54) is 0 Å². The van der Waals surface area contributed by atoms with Crippen LogP contribution in [0.4, 0.5) is 0 Å². The molecule has 4 heteroatoms. The molecule has 0 bridgehead atoms. The Balaban J connectivity index is 2.83. The zero-order chi connectivity index (χ0) is 15.0. The molecule has 1 rings (SSSR count). The van der Waals surface area contributed by atoms with E-state index in [9.17, 15) is 9.90 Å². The van der Waals surface area contributed by atoms with Gasteiger partial charge in [-0.15, -0.1) is 0 Å². The molecule has 1 fully saturated rings. The van der Waals surface area contributed by atoms with Gasteiger partial charge in [0.1, 0.15) is 0 Å². The van der Waals surface area contributed by atoms with Crippen molar-refractivity contribution in [1.29, 1.82) is 0 Å². The molecule has 0 radical (unpaired) electrons. The number of hydrogen-bond donors (Lipinski definition) is 3. The van der Waals surface area contributed by atoms with E-state index in [1.807, 2.05) is 13.8 Å². The number of aliphatic hydroxyl groups is 1. The average Bonchev–Trinajstić information content (AvgIpc) is 2.24. The maximum Gasteiger partial charge on any atom is 0.224 e. The first-order valence-electron chi connectivity index (χ1n) is 7.25. The van der Waals surface area contributed by atoms with Crippen molar-refractivity contribution in [3.8, 4) is 0 Å². The molecule has 0 saturated heterocycles. The second-order valence-electron chi connectivity index (χ2n) is 7.29. The van der Waals surface area contributed by atoms with Gasteiger partial charge in [0.25, 0.3) is 0 Å². The van der Waals surface area contributed by atoms with Gasteiger partial charge in [0.15, 0.2) is 0 Å². The summed E-state index contributed by atoms with van der Waals surface area (Å²) in [5, 5.41) is 12.7. The van der Waals surface area contributed by atoms with E-state index in [1.54, 1.807) is 6.92 Å². The molecule has 4 atom stereocenters. The van der Waals surface area contributed by atoms with Crippen molar-refractivity contribution in [1.82, 2.24) is 5.32 Å². The lowest BCUT2D eigenvalue weighted by Crippen LogP contribution is -2.57. The zero-order valence-corrected chi connectivity index (χ0v) is 13.2. The minimum Gasteiger partial charge on any atom is -0.391 e. The third-order valence-corrected chi connectivity index (χ3v) is 5.31. The van der Waals surface area contributed by atoms with Crippen LogP contribution in [0.2, 0.25) is 0 Å². The monoisotopic (exact) mass is 270 g/mol. The van der Waals surface area contributed by atoms with Crippen molar-refractivity contribution >= 4 is 5.91 Å². The van der Waals surface area contributed by atoms with Crippen molar-refractivity contribution in [2.45, 2.75) is 72.1 Å². The normalized spacial score (nSPS) is 32.7. The van der Waals surface area contributed by atoms with Crippen molar-refractivity contribution in [3.05, 3.63) is 0 Å². The minimum atomic E-state index is -0.601. The number of carbonyl (C=O) groups is 1. The van der Waals surface area contributed by atoms with E-state index in [4.69, 9.17) is 5.73 Å². The number of aliphatic hydroxyl groups excluding tert-OH is 1. The highest BCUT2D eigenvalue weighted by Gasteiger charge is 2.46. The number of hydrogen-bond acceptors (Lipinski definition) is 3. The van der Waals surface area contributed by atoms with Crippen LogP contribution >= 0.6 is 0 Å². The highest BCUT2D eigenvalue weighted by atomic mass is 16.3. The van der Waals surface area contributed by atoms with Gasteiger partial charge in [-0.25, -0.2) is 0 Å². The number of nitrogens with two attached hydrogens (primary N) is 1. The average molecular weight is 270 g/mol. The van der Waals surface area contributed by atoms with E-state index in [0.717, 1.165) is 12.8 Å². The summed E-state index contributed by atoms with van der Waals surface area (Å²) in [6.45, 7) is 11.8. The van der Waals surface area contributed by atoms with E-state index in [-0.39, 0.29) is 23.3 Å². The number of amides is 1. The molecule has 112 valence electrons. The van der Waals surface area contributed by atoms with E-state index in [2.05, 4.69) is 26.1 Å². The second-order valence-corrected chi connectivity index (χ2v) is 7.29. The fourth-order valence-electron chi connectivity index (χ4n) is 2.83. The molecule has 0 heterocycles. The number of nitrogens with one attached hydrogen (secondary N) is 1. The largest absolute Gasteiger partial charge is 0.391 e. The van der Waals surface area contributed by atoms with E-state index in [0.29, 0.717) is 5.92 Å². The molecule has 0 aromatic rings. The molecule has 1 aliphatic carbocycles. The molecular weight excluding hydrogens is 240 g/mol. The summed E-state index contributed by atoms with van der Waals surface area (Å²) < 4.78 is 0. The fourth-order valence-corrected chi connectivity index (χ4v) is 2.83. The van der Waals surface area contributed by atoms with Crippen LogP contribution in [0, 0.1) is 17.3 Å². The van der Waals surface area contributed by atoms with E-state index >= 15 is 0 Å². The maximum atomic E-state index is 12.5. The summed E-state index contributed by atoms with van der Waals surface area (Å²) in [6, 6.07) is 0.170. The third-order valence-electron chi connectivity index (χ3n) is 5.31. The van der Waals surface area contributed by atoms with Crippen molar-refractivity contribution in [3.63, 3.8) is 0 Å². The highest BCUT2D eigenvalue weighted by molar-refractivity contribution is 5.80. The molecule has 1 aliphatic rings. The summed E-state index contributed by atoms with van der Waals surface area (Å²) in [7, 11) is 0. The summed E-state index contributed by atoms with van der Waals surface area (Å²) in [5.41, 5.74) is 5.40. The molecule has 4 unspecified atom stereocenters. The van der Waals surface area contributed by atoms with Gasteiger partial charge >= 0.3 is 0 Å². The lowest BCUT2D eigenvalue weighted by atomic mass is 9.60. The quantitative estimate of drug-likeness (QED) is 0.730. The summed E-state index contributed by atoms with van der Waals surface area (Å²) in [5.74, 6) is 0.307. The van der Waals surface area contributed by atoms with Crippen LogP contribution in [-0.2, 0) is 4.79 Å². The molecule has 0 aromatic heterocycles. The topological polar surface area (TPSA) is 75.3 Å². The summed E-state index contributed by atoms with van der Waals surface area (Å²) in [4.78, 5) is 12.5. The van der Waals surface area contributed by atoms with Gasteiger partial charge in [-0.05, 0) is 44.9 Å². The van der Waals surface area contributed by atoms with Crippen molar-refractivity contribution in [2.24, 2.45) is 23.0 Å². The second kappa shape index (κ2) is 5.41. The third kappa shape index (κ3) is 3.29. The standard InChI is InChI=1S/C15H30N2O2/c1-9-12(16)8-7-11(14(9,3)4)13(19)17-15(5,6)10(2)18/h9-12,18H,7-8,16H2,1-6H3,(H,17,19). The molecule has 4 N–H and O–H groups in total. The van der Waals surface area contributed by atoms with Crippen LogP contribution in [-0.4, -0.2) is 28.7 Å². The molecule has 4 nitrogen and oxygen atoms in total. The van der Waals surface area contributed by atoms with Crippen LogP contribution in [0.25, 0.3) is 0 Å². The zero-order valence-electron chi connectivity index (χ0n) is 13.2. The first kappa shape index (κ1) is 16.4. The van der Waals surface area contributed by atoms with Crippen LogP contribution in [0.15, 0.2) is 0 Å². The summed E-state index contributed by atoms with van der Waals surface area (Å²) in [6.07, 6.45) is 1.13. The Morgan fingerprint density at radius 2 is 1.95 bits per heavy atom. The number of rotatable bonds is 3. The first-order chi connectivity index (χ1) is 8.50. The SMILES string of the molecule is CC(O)C(C)(C)NC(=O)C1CCC(N)C(C)C1(C)C. The predicted molar refractivity (Wildman–Crippen MR) is 77.5 cm³/mol. The van der Waals surface area contributed by atoms with Crippen LogP contribution in [0.5, 0.6) is 0 Å². The first-order valence-corrected chi connectivity index (χ1v) is 7.25. The van der Waals surface area contributed by atoms with Gasteiger partial charge in [-0.2, -0.15) is 0 Å². The van der Waals surface area contributed by atoms with Crippen molar-refractivity contribution < 1.29 is 9.90 Å². The molecule has 0 aromatic carbocycles. The van der Waals surface area contributed by atoms with Gasteiger partial charge in [-0.3, -0.25) is 4.79 Å². The van der Waals surface area contributed by atoms with Crippen molar-refractivity contribution in [2.75, 3.05) is 0 Å². The molecule has 1 amide bonds. The maximum absolute atomic E-state index is 12.5. The predicted octanol–water partition coefficient (Wildman–Crippen LogP) is 1.66. The lowest BCUT2D eigenvalue weighted by Gasteiger charge is -2.47. The highest BCUT2D eigenvalue weighted by Crippen LogP contribution is 2.44. The Morgan fingerprint density at radius 1 is 1.42 bits per heavy atom. The Labute approximate surface area is 117 Å². The van der Waals surface area contributed by atoms with E-state index < -0.39 is 11.6 Å². The summed E-state index contributed by atoms with van der Waals surface area (Å²) >= 11 is 0. The Hall–Kier alpha value is -0.610. The van der Waals surface area contributed by atoms with Gasteiger partial charge in [-0.1, -0.05) is 20.8 Å². The Morgan fingerprint density at radius 3 is 2.42 bits per heavy atom. The molecule has 19 heavy (non-hydrogen) atoms. The van der Waals surface area contributed by atoms with Gasteiger partial charge < -0.3 is 16.2 Å². The molecular formula is C15H30N2O2. The number of carbonyl (C=O) groups excluding carboxylic acids is 1. The molecule has 1 saturated carbocycles. The Kier molecular flexibility index (Phi) is 4.68. The van der Waals surface area contributed by atoms with Gasteiger partial charge in [0, 0.05) is 12.0 Å². The fraction of sp³-hybridized carbons (Fsp3) is 0.933. The molecule has 0 spiro atoms. The van der Waals surface area contributed by atoms with Gasteiger partial charge in [0.05, 0.1) is 11.6 Å². The Bertz CT molecular complexity index is 337. The lowest BCUT2D eigenvalue weighted by molar-refractivity contribution is -0.135. The molecule has 0 aliphatic heterocycles. The smallest absolute Gasteiger partial charge is 0.224 e. The minimum absolute atomic E-state index is 0.0367.